The molecule has 2 aromatic rings. The third-order valence-corrected chi connectivity index (χ3v) is 3.43. The van der Waals surface area contributed by atoms with Crippen molar-refractivity contribution in [3.63, 3.8) is 0 Å². The summed E-state index contributed by atoms with van der Waals surface area (Å²) in [6.45, 7) is 4.03. The fourth-order valence-corrected chi connectivity index (χ4v) is 2.50. The van der Waals surface area contributed by atoms with Gasteiger partial charge in [0.15, 0.2) is 0 Å². The van der Waals surface area contributed by atoms with Gasteiger partial charge in [-0.1, -0.05) is 40.2 Å². The molecular formula is C16H19BrN2O. The molecule has 0 saturated carbocycles. The van der Waals surface area contributed by atoms with E-state index in [9.17, 15) is 0 Å². The van der Waals surface area contributed by atoms with Crippen LogP contribution in [0.3, 0.4) is 0 Å². The minimum atomic E-state index is -0.0411. The van der Waals surface area contributed by atoms with Gasteiger partial charge in [0.25, 0.3) is 0 Å². The zero-order valence-corrected chi connectivity index (χ0v) is 13.2. The maximum atomic E-state index is 5.71. The van der Waals surface area contributed by atoms with Gasteiger partial charge in [-0.05, 0) is 49.2 Å². The smallest absolute Gasteiger partial charge is 0.119 e. The highest BCUT2D eigenvalue weighted by molar-refractivity contribution is 9.10. The molecular weight excluding hydrogens is 316 g/mol. The van der Waals surface area contributed by atoms with Crippen LogP contribution in [0.2, 0.25) is 0 Å². The monoisotopic (exact) mass is 334 g/mol. The van der Waals surface area contributed by atoms with Gasteiger partial charge in [0, 0.05) is 4.47 Å². The van der Waals surface area contributed by atoms with Crippen molar-refractivity contribution in [3.8, 4) is 5.75 Å². The predicted molar refractivity (Wildman–Crippen MR) is 85.5 cm³/mol. The Hall–Kier alpha value is -1.36. The molecule has 0 aromatic heterocycles. The Balaban J connectivity index is 2.23. The molecule has 0 radical (unpaired) electrons. The average molecular weight is 335 g/mol. The van der Waals surface area contributed by atoms with E-state index in [2.05, 4.69) is 27.4 Å². The van der Waals surface area contributed by atoms with Crippen LogP contribution in [-0.4, -0.2) is 6.10 Å². The molecule has 3 nitrogen and oxygen atoms in total. The van der Waals surface area contributed by atoms with Gasteiger partial charge in [0.1, 0.15) is 5.75 Å². The Morgan fingerprint density at radius 3 is 2.30 bits per heavy atom. The van der Waals surface area contributed by atoms with E-state index in [1.807, 2.05) is 56.3 Å². The molecule has 0 fully saturated rings. The summed E-state index contributed by atoms with van der Waals surface area (Å²) in [6.07, 6.45) is 0.175. The first-order chi connectivity index (χ1) is 9.60. The number of nitrogens with two attached hydrogens (primary N) is 1. The van der Waals surface area contributed by atoms with Gasteiger partial charge in [0.05, 0.1) is 12.1 Å². The van der Waals surface area contributed by atoms with Crippen molar-refractivity contribution < 1.29 is 4.74 Å². The van der Waals surface area contributed by atoms with Crippen molar-refractivity contribution in [1.29, 1.82) is 0 Å². The van der Waals surface area contributed by atoms with Crippen molar-refractivity contribution in [1.82, 2.24) is 5.43 Å². The Bertz CT molecular complexity index is 555. The maximum Gasteiger partial charge on any atom is 0.119 e. The van der Waals surface area contributed by atoms with E-state index in [1.165, 1.54) is 0 Å². The van der Waals surface area contributed by atoms with Crippen molar-refractivity contribution in [2.45, 2.75) is 26.0 Å². The van der Waals surface area contributed by atoms with Crippen molar-refractivity contribution >= 4 is 15.9 Å². The molecule has 0 aliphatic heterocycles. The highest BCUT2D eigenvalue weighted by atomic mass is 79.9. The van der Waals surface area contributed by atoms with Crippen LogP contribution in [0.15, 0.2) is 53.0 Å². The molecule has 4 heteroatoms. The second-order valence-corrected chi connectivity index (χ2v) is 5.81. The van der Waals surface area contributed by atoms with E-state index >= 15 is 0 Å². The fourth-order valence-electron chi connectivity index (χ4n) is 2.08. The zero-order chi connectivity index (χ0) is 14.5. The fraction of sp³-hybridized carbons (Fsp3) is 0.250. The van der Waals surface area contributed by atoms with E-state index in [-0.39, 0.29) is 12.1 Å². The van der Waals surface area contributed by atoms with E-state index in [0.29, 0.717) is 0 Å². The Morgan fingerprint density at radius 2 is 1.75 bits per heavy atom. The molecule has 1 atom stereocenters. The first-order valence-corrected chi connectivity index (χ1v) is 7.37. The maximum absolute atomic E-state index is 5.71. The molecule has 0 bridgehead atoms. The summed E-state index contributed by atoms with van der Waals surface area (Å²) in [4.78, 5) is 0. The molecule has 0 aliphatic rings. The average Bonchev–Trinajstić information content (AvgIpc) is 2.41. The largest absolute Gasteiger partial charge is 0.491 e. The van der Waals surface area contributed by atoms with Crippen LogP contribution in [0.5, 0.6) is 5.75 Å². The number of hydrazine groups is 1. The second-order valence-electron chi connectivity index (χ2n) is 4.89. The molecule has 0 amide bonds. The van der Waals surface area contributed by atoms with E-state index in [4.69, 9.17) is 10.6 Å². The number of rotatable bonds is 5. The van der Waals surface area contributed by atoms with Crippen LogP contribution in [0.25, 0.3) is 0 Å². The van der Waals surface area contributed by atoms with Crippen LogP contribution in [0.1, 0.15) is 31.0 Å². The Labute approximate surface area is 128 Å². The molecule has 0 heterocycles. The molecule has 2 aromatic carbocycles. The predicted octanol–water partition coefficient (Wildman–Crippen LogP) is 3.79. The molecule has 106 valence electrons. The molecule has 0 saturated heterocycles. The third-order valence-electron chi connectivity index (χ3n) is 2.93. The number of hydrogen-bond donors (Lipinski definition) is 2. The number of ether oxygens (including phenoxy) is 1. The summed E-state index contributed by atoms with van der Waals surface area (Å²) < 4.78 is 6.69. The Kier molecular flexibility index (Phi) is 5.17. The summed E-state index contributed by atoms with van der Waals surface area (Å²) in [6, 6.07) is 16.1. The van der Waals surface area contributed by atoms with Gasteiger partial charge < -0.3 is 4.74 Å². The minimum Gasteiger partial charge on any atom is -0.491 e. The van der Waals surface area contributed by atoms with Gasteiger partial charge in [-0.15, -0.1) is 0 Å². The summed E-state index contributed by atoms with van der Waals surface area (Å²) in [5.41, 5.74) is 5.07. The molecule has 1 unspecified atom stereocenters. The number of benzene rings is 2. The molecule has 20 heavy (non-hydrogen) atoms. The van der Waals surface area contributed by atoms with E-state index in [0.717, 1.165) is 21.3 Å². The Morgan fingerprint density at radius 1 is 1.05 bits per heavy atom. The van der Waals surface area contributed by atoms with E-state index in [1.54, 1.807) is 0 Å². The summed E-state index contributed by atoms with van der Waals surface area (Å²) in [5, 5.41) is 0. The third kappa shape index (κ3) is 3.82. The van der Waals surface area contributed by atoms with Crippen LogP contribution in [-0.2, 0) is 0 Å². The lowest BCUT2D eigenvalue weighted by molar-refractivity contribution is 0.242. The lowest BCUT2D eigenvalue weighted by Crippen LogP contribution is -2.28. The first-order valence-electron chi connectivity index (χ1n) is 6.58. The lowest BCUT2D eigenvalue weighted by Gasteiger charge is -2.18. The van der Waals surface area contributed by atoms with Crippen molar-refractivity contribution in [3.05, 3.63) is 64.1 Å². The summed E-state index contributed by atoms with van der Waals surface area (Å²) in [7, 11) is 0. The van der Waals surface area contributed by atoms with Crippen LogP contribution in [0.4, 0.5) is 0 Å². The van der Waals surface area contributed by atoms with Crippen molar-refractivity contribution in [2.75, 3.05) is 0 Å². The van der Waals surface area contributed by atoms with Gasteiger partial charge in [-0.3, -0.25) is 5.84 Å². The number of halogens is 1. The number of hydrogen-bond acceptors (Lipinski definition) is 3. The molecule has 0 aliphatic carbocycles. The quantitative estimate of drug-likeness (QED) is 0.646. The number of nitrogens with one attached hydrogen (secondary N) is 1. The van der Waals surface area contributed by atoms with Gasteiger partial charge in [0.2, 0.25) is 0 Å². The molecule has 3 N–H and O–H groups in total. The van der Waals surface area contributed by atoms with E-state index < -0.39 is 0 Å². The van der Waals surface area contributed by atoms with Gasteiger partial charge >= 0.3 is 0 Å². The van der Waals surface area contributed by atoms with Crippen molar-refractivity contribution in [2.24, 2.45) is 5.84 Å². The standard InChI is InChI=1S/C16H19BrN2O/c1-11(2)20-15-8-6-12(7-9-15)16(19-18)13-4-3-5-14(17)10-13/h3-11,16,19H,18H2,1-2H3. The minimum absolute atomic E-state index is 0.0411. The summed E-state index contributed by atoms with van der Waals surface area (Å²) >= 11 is 3.48. The summed E-state index contributed by atoms with van der Waals surface area (Å²) in [5.74, 6) is 6.58. The normalized spacial score (nSPS) is 12.4. The SMILES string of the molecule is CC(C)Oc1ccc(C(NN)c2cccc(Br)c2)cc1. The molecule has 2 rings (SSSR count). The first kappa shape index (κ1) is 15.0. The van der Waals surface area contributed by atoms with Gasteiger partial charge in [-0.25, -0.2) is 5.43 Å². The van der Waals surface area contributed by atoms with Gasteiger partial charge in [-0.2, -0.15) is 0 Å². The van der Waals surface area contributed by atoms with Crippen LogP contribution < -0.4 is 16.0 Å². The topological polar surface area (TPSA) is 47.3 Å². The molecule has 0 spiro atoms. The lowest BCUT2D eigenvalue weighted by atomic mass is 9.99. The highest BCUT2D eigenvalue weighted by Crippen LogP contribution is 2.25. The highest BCUT2D eigenvalue weighted by Gasteiger charge is 2.12. The second kappa shape index (κ2) is 6.88. The zero-order valence-electron chi connectivity index (χ0n) is 11.6. The van der Waals surface area contributed by atoms with Crippen LogP contribution >= 0.6 is 15.9 Å². The van der Waals surface area contributed by atoms with Crippen LogP contribution in [0, 0.1) is 0 Å².